The van der Waals surface area contributed by atoms with E-state index in [0.29, 0.717) is 5.56 Å². The second kappa shape index (κ2) is 4.79. The topological polar surface area (TPSA) is 81.1 Å². The van der Waals surface area contributed by atoms with E-state index in [1.807, 2.05) is 41.0 Å². The summed E-state index contributed by atoms with van der Waals surface area (Å²) in [6, 6.07) is 14.0. The fourth-order valence-corrected chi connectivity index (χ4v) is 2.15. The smallest absolute Gasteiger partial charge is 0.325 e. The molecule has 2 aromatic carbocycles. The first-order valence-electron chi connectivity index (χ1n) is 6.17. The van der Waals surface area contributed by atoms with Gasteiger partial charge in [0.25, 0.3) is 0 Å². The zero-order chi connectivity index (χ0) is 14.1. The molecule has 0 spiro atoms. The quantitative estimate of drug-likeness (QED) is 0.761. The van der Waals surface area contributed by atoms with E-state index < -0.39 is 12.0 Å². The molecule has 0 amide bonds. The van der Waals surface area contributed by atoms with Gasteiger partial charge in [0.15, 0.2) is 0 Å². The number of aromatic nitrogens is 2. The van der Waals surface area contributed by atoms with Crippen molar-refractivity contribution in [2.24, 2.45) is 5.73 Å². The molecule has 0 radical (unpaired) electrons. The fourth-order valence-electron chi connectivity index (χ4n) is 2.15. The largest absolute Gasteiger partial charge is 0.480 e. The molecule has 0 aliphatic rings. The molecule has 0 unspecified atom stereocenters. The van der Waals surface area contributed by atoms with Crippen LogP contribution in [-0.4, -0.2) is 20.6 Å². The molecule has 0 fully saturated rings. The number of carbonyl (C=O) groups is 1. The molecule has 5 nitrogen and oxygen atoms in total. The van der Waals surface area contributed by atoms with Crippen molar-refractivity contribution in [2.45, 2.75) is 6.04 Å². The summed E-state index contributed by atoms with van der Waals surface area (Å²) in [5.74, 6) is -1.04. The standard InChI is InChI=1S/C15H13N3O2/c16-14(15(19)20)10-5-7-11(8-6-10)18-9-17-12-3-1-2-4-13(12)18/h1-9,14H,16H2,(H,19,20)/t14-/m0/s1. The van der Waals surface area contributed by atoms with Crippen LogP contribution in [0.5, 0.6) is 0 Å². The van der Waals surface area contributed by atoms with Gasteiger partial charge < -0.3 is 10.8 Å². The Bertz CT molecular complexity index is 762. The van der Waals surface area contributed by atoms with Gasteiger partial charge in [-0.1, -0.05) is 24.3 Å². The number of aliphatic carboxylic acids is 1. The average Bonchev–Trinajstić information content (AvgIpc) is 2.90. The lowest BCUT2D eigenvalue weighted by atomic mass is 10.1. The molecule has 0 saturated heterocycles. The Morgan fingerprint density at radius 1 is 1.15 bits per heavy atom. The molecule has 3 rings (SSSR count). The van der Waals surface area contributed by atoms with Crippen molar-refractivity contribution < 1.29 is 9.90 Å². The zero-order valence-electron chi connectivity index (χ0n) is 10.6. The molecule has 0 saturated carbocycles. The van der Waals surface area contributed by atoms with Crippen LogP contribution in [-0.2, 0) is 4.79 Å². The van der Waals surface area contributed by atoms with Crippen molar-refractivity contribution in [3.05, 3.63) is 60.4 Å². The second-order valence-electron chi connectivity index (χ2n) is 4.51. The van der Waals surface area contributed by atoms with Crippen LogP contribution in [0, 0.1) is 0 Å². The van der Waals surface area contributed by atoms with Crippen LogP contribution in [0.2, 0.25) is 0 Å². The van der Waals surface area contributed by atoms with Gasteiger partial charge in [-0.2, -0.15) is 0 Å². The number of nitrogens with two attached hydrogens (primary N) is 1. The Labute approximate surface area is 115 Å². The first-order chi connectivity index (χ1) is 9.66. The Kier molecular flexibility index (Phi) is 2.96. The van der Waals surface area contributed by atoms with E-state index in [2.05, 4.69) is 4.98 Å². The third kappa shape index (κ3) is 2.04. The summed E-state index contributed by atoms with van der Waals surface area (Å²) in [6.07, 6.45) is 1.75. The Balaban J connectivity index is 2.01. The predicted octanol–water partition coefficient (Wildman–Crippen LogP) is 2.11. The molecule has 0 bridgehead atoms. The van der Waals surface area contributed by atoms with Crippen molar-refractivity contribution in [2.75, 3.05) is 0 Å². The summed E-state index contributed by atoms with van der Waals surface area (Å²) in [5.41, 5.74) is 8.99. The molecule has 3 aromatic rings. The van der Waals surface area contributed by atoms with E-state index in [-0.39, 0.29) is 0 Å². The number of carboxylic acid groups (broad SMARTS) is 1. The minimum Gasteiger partial charge on any atom is -0.480 e. The van der Waals surface area contributed by atoms with Gasteiger partial charge in [0.1, 0.15) is 12.4 Å². The van der Waals surface area contributed by atoms with Crippen LogP contribution in [0.3, 0.4) is 0 Å². The maximum atomic E-state index is 10.8. The average molecular weight is 267 g/mol. The number of nitrogens with zero attached hydrogens (tertiary/aromatic N) is 2. The van der Waals surface area contributed by atoms with Crippen LogP contribution in [0.25, 0.3) is 16.7 Å². The Morgan fingerprint density at radius 3 is 2.55 bits per heavy atom. The van der Waals surface area contributed by atoms with E-state index in [1.54, 1.807) is 18.5 Å². The van der Waals surface area contributed by atoms with Crippen molar-refractivity contribution in [3.8, 4) is 5.69 Å². The molecule has 0 aliphatic carbocycles. The first kappa shape index (κ1) is 12.4. The number of carboxylic acids is 1. The summed E-state index contributed by atoms with van der Waals surface area (Å²) >= 11 is 0. The second-order valence-corrected chi connectivity index (χ2v) is 4.51. The molecule has 100 valence electrons. The molecular weight excluding hydrogens is 254 g/mol. The molecule has 3 N–H and O–H groups in total. The highest BCUT2D eigenvalue weighted by Gasteiger charge is 2.14. The minimum atomic E-state index is -1.04. The van der Waals surface area contributed by atoms with Gasteiger partial charge in [0.2, 0.25) is 0 Å². The van der Waals surface area contributed by atoms with Crippen LogP contribution in [0.4, 0.5) is 0 Å². The van der Waals surface area contributed by atoms with Gasteiger partial charge in [-0.25, -0.2) is 4.98 Å². The van der Waals surface area contributed by atoms with E-state index in [9.17, 15) is 4.79 Å². The van der Waals surface area contributed by atoms with E-state index in [1.165, 1.54) is 0 Å². The summed E-state index contributed by atoms with van der Waals surface area (Å²) < 4.78 is 1.95. The summed E-state index contributed by atoms with van der Waals surface area (Å²) in [4.78, 5) is 15.2. The highest BCUT2D eigenvalue weighted by Crippen LogP contribution is 2.19. The summed E-state index contributed by atoms with van der Waals surface area (Å²) in [6.45, 7) is 0. The van der Waals surface area contributed by atoms with Gasteiger partial charge in [0, 0.05) is 5.69 Å². The number of rotatable bonds is 3. The zero-order valence-corrected chi connectivity index (χ0v) is 10.6. The molecule has 1 aromatic heterocycles. The van der Waals surface area contributed by atoms with Crippen molar-refractivity contribution in [1.29, 1.82) is 0 Å². The monoisotopic (exact) mass is 267 g/mol. The number of imidazole rings is 1. The highest BCUT2D eigenvalue weighted by molar-refractivity contribution is 5.77. The third-order valence-electron chi connectivity index (χ3n) is 3.25. The SMILES string of the molecule is N[C@H](C(=O)O)c1ccc(-n2cnc3ccccc32)cc1. The van der Waals surface area contributed by atoms with Gasteiger partial charge in [-0.05, 0) is 29.8 Å². The molecule has 1 heterocycles. The third-order valence-corrected chi connectivity index (χ3v) is 3.25. The minimum absolute atomic E-state index is 0.575. The number of hydrogen-bond donors (Lipinski definition) is 2. The summed E-state index contributed by atoms with van der Waals surface area (Å²) in [7, 11) is 0. The van der Waals surface area contributed by atoms with Gasteiger partial charge in [-0.15, -0.1) is 0 Å². The molecular formula is C15H13N3O2. The van der Waals surface area contributed by atoms with Crippen molar-refractivity contribution in [3.63, 3.8) is 0 Å². The fraction of sp³-hybridized carbons (Fsp3) is 0.0667. The number of benzene rings is 2. The number of fused-ring (bicyclic) bond motifs is 1. The number of hydrogen-bond acceptors (Lipinski definition) is 3. The van der Waals surface area contributed by atoms with Gasteiger partial charge in [-0.3, -0.25) is 9.36 Å². The van der Waals surface area contributed by atoms with Gasteiger partial charge in [0.05, 0.1) is 11.0 Å². The lowest BCUT2D eigenvalue weighted by Gasteiger charge is -2.09. The lowest BCUT2D eigenvalue weighted by molar-refractivity contribution is -0.138. The van der Waals surface area contributed by atoms with Crippen LogP contribution in [0.1, 0.15) is 11.6 Å². The summed E-state index contributed by atoms with van der Waals surface area (Å²) in [5, 5.41) is 8.89. The van der Waals surface area contributed by atoms with Crippen LogP contribution in [0.15, 0.2) is 54.9 Å². The van der Waals surface area contributed by atoms with Crippen molar-refractivity contribution >= 4 is 17.0 Å². The van der Waals surface area contributed by atoms with E-state index >= 15 is 0 Å². The van der Waals surface area contributed by atoms with E-state index in [4.69, 9.17) is 10.8 Å². The lowest BCUT2D eigenvalue weighted by Crippen LogP contribution is -2.20. The molecule has 5 heteroatoms. The molecule has 0 aliphatic heterocycles. The first-order valence-corrected chi connectivity index (χ1v) is 6.17. The Hall–Kier alpha value is -2.66. The van der Waals surface area contributed by atoms with Crippen LogP contribution < -0.4 is 5.73 Å². The maximum absolute atomic E-state index is 10.8. The Morgan fingerprint density at radius 2 is 1.85 bits per heavy atom. The predicted molar refractivity (Wildman–Crippen MR) is 75.6 cm³/mol. The van der Waals surface area contributed by atoms with E-state index in [0.717, 1.165) is 16.7 Å². The van der Waals surface area contributed by atoms with Crippen LogP contribution >= 0.6 is 0 Å². The van der Waals surface area contributed by atoms with Crippen molar-refractivity contribution in [1.82, 2.24) is 9.55 Å². The molecule has 1 atom stereocenters. The van der Waals surface area contributed by atoms with Gasteiger partial charge >= 0.3 is 5.97 Å². The highest BCUT2D eigenvalue weighted by atomic mass is 16.4. The number of para-hydroxylation sites is 2. The maximum Gasteiger partial charge on any atom is 0.325 e. The normalized spacial score (nSPS) is 12.4. The molecule has 20 heavy (non-hydrogen) atoms.